The molecule has 0 aliphatic heterocycles. The van der Waals surface area contributed by atoms with Crippen LogP contribution in [0.1, 0.15) is 24.8 Å². The van der Waals surface area contributed by atoms with Gasteiger partial charge in [0.05, 0.1) is 10.3 Å². The maximum atomic E-state index is 12.6. The van der Waals surface area contributed by atoms with E-state index in [0.717, 1.165) is 18.2 Å². The maximum absolute atomic E-state index is 12.6. The molecule has 7 heteroatoms. The number of rotatable bonds is 6. The van der Waals surface area contributed by atoms with Gasteiger partial charge < -0.3 is 10.1 Å². The van der Waals surface area contributed by atoms with Crippen LogP contribution in [0.3, 0.4) is 0 Å². The first-order valence-corrected chi connectivity index (χ1v) is 10.5. The highest BCUT2D eigenvalue weighted by Crippen LogP contribution is 2.44. The Kier molecular flexibility index (Phi) is 5.32. The molecule has 1 N–H and O–H groups in total. The zero-order chi connectivity index (χ0) is 19.5. The van der Waals surface area contributed by atoms with Crippen molar-refractivity contribution >= 4 is 27.4 Å². The van der Waals surface area contributed by atoms with Crippen LogP contribution in [0.4, 0.5) is 5.69 Å². The minimum Gasteiger partial charge on any atom is -0.455 e. The highest BCUT2D eigenvalue weighted by Gasteiger charge is 2.47. The van der Waals surface area contributed by atoms with Crippen LogP contribution in [0, 0.1) is 0 Å². The van der Waals surface area contributed by atoms with Crippen LogP contribution in [0.2, 0.25) is 0 Å². The fraction of sp³-hybridized carbons (Fsp3) is 0.300. The van der Waals surface area contributed by atoms with Gasteiger partial charge in [-0.25, -0.2) is 8.42 Å². The van der Waals surface area contributed by atoms with Gasteiger partial charge in [-0.2, -0.15) is 0 Å². The van der Waals surface area contributed by atoms with Gasteiger partial charge in [0.1, 0.15) is 0 Å². The number of benzene rings is 2. The molecule has 1 saturated carbocycles. The molecule has 2 aromatic rings. The predicted molar refractivity (Wildman–Crippen MR) is 101 cm³/mol. The Balaban J connectivity index is 1.58. The lowest BCUT2D eigenvalue weighted by Gasteiger charge is -2.39. The second kappa shape index (κ2) is 7.52. The van der Waals surface area contributed by atoms with E-state index in [1.165, 1.54) is 24.3 Å². The summed E-state index contributed by atoms with van der Waals surface area (Å²) >= 11 is 0. The number of esters is 1. The van der Waals surface area contributed by atoms with Crippen LogP contribution in [0.25, 0.3) is 0 Å². The second-order valence-electron chi connectivity index (χ2n) is 6.72. The molecule has 1 aliphatic rings. The number of ether oxygens (including phenoxy) is 1. The monoisotopic (exact) mass is 387 g/mol. The van der Waals surface area contributed by atoms with Gasteiger partial charge in [-0.05, 0) is 42.7 Å². The van der Waals surface area contributed by atoms with E-state index in [1.807, 2.05) is 30.3 Å². The summed E-state index contributed by atoms with van der Waals surface area (Å²) in [5, 5.41) is 2.59. The molecule has 1 fully saturated rings. The molecule has 1 aliphatic carbocycles. The Bertz CT molecular complexity index is 932. The summed E-state index contributed by atoms with van der Waals surface area (Å²) in [6, 6.07) is 15.3. The van der Waals surface area contributed by atoms with E-state index in [0.29, 0.717) is 18.5 Å². The molecule has 0 aromatic heterocycles. The van der Waals surface area contributed by atoms with Crippen molar-refractivity contribution < 1.29 is 22.7 Å². The van der Waals surface area contributed by atoms with Gasteiger partial charge in [0.2, 0.25) is 0 Å². The molecule has 0 spiro atoms. The van der Waals surface area contributed by atoms with E-state index in [4.69, 9.17) is 4.74 Å². The van der Waals surface area contributed by atoms with Crippen LogP contribution < -0.4 is 5.32 Å². The molecule has 0 heterocycles. The minimum atomic E-state index is -3.29. The van der Waals surface area contributed by atoms with Crippen molar-refractivity contribution in [3.05, 3.63) is 60.2 Å². The third-order valence-corrected chi connectivity index (χ3v) is 5.95. The van der Waals surface area contributed by atoms with Crippen molar-refractivity contribution in [2.75, 3.05) is 18.2 Å². The molecule has 2 aromatic carbocycles. The van der Waals surface area contributed by atoms with E-state index in [-0.39, 0.29) is 17.5 Å². The fourth-order valence-corrected chi connectivity index (χ4v) is 3.78. The summed E-state index contributed by atoms with van der Waals surface area (Å²) in [6.07, 6.45) is 3.49. The van der Waals surface area contributed by atoms with E-state index in [1.54, 1.807) is 0 Å². The van der Waals surface area contributed by atoms with Gasteiger partial charge >= 0.3 is 5.97 Å². The molecule has 27 heavy (non-hydrogen) atoms. The van der Waals surface area contributed by atoms with Crippen molar-refractivity contribution in [1.82, 2.24) is 0 Å². The average molecular weight is 387 g/mol. The van der Waals surface area contributed by atoms with Crippen LogP contribution >= 0.6 is 0 Å². The third-order valence-electron chi connectivity index (χ3n) is 4.82. The Hall–Kier alpha value is -2.67. The largest absolute Gasteiger partial charge is 0.455 e. The van der Waals surface area contributed by atoms with E-state index >= 15 is 0 Å². The molecule has 1 amide bonds. The van der Waals surface area contributed by atoms with Crippen molar-refractivity contribution in [2.45, 2.75) is 29.6 Å². The Morgan fingerprint density at radius 2 is 1.67 bits per heavy atom. The third kappa shape index (κ3) is 4.19. The SMILES string of the molecule is CS(=O)(=O)c1ccc(NC(=O)COC(=O)C2(c3ccccc3)CCC2)cc1. The number of anilines is 1. The maximum Gasteiger partial charge on any atom is 0.317 e. The predicted octanol–water partition coefficient (Wildman–Crippen LogP) is 2.69. The minimum absolute atomic E-state index is 0.168. The summed E-state index contributed by atoms with van der Waals surface area (Å²) in [6.45, 7) is -0.388. The van der Waals surface area contributed by atoms with Gasteiger partial charge in [-0.1, -0.05) is 36.8 Å². The zero-order valence-electron chi connectivity index (χ0n) is 15.0. The number of hydrogen-bond acceptors (Lipinski definition) is 5. The van der Waals surface area contributed by atoms with Gasteiger partial charge in [-0.15, -0.1) is 0 Å². The molecular weight excluding hydrogens is 366 g/mol. The van der Waals surface area contributed by atoms with Crippen LogP contribution in [-0.4, -0.2) is 33.2 Å². The quantitative estimate of drug-likeness (QED) is 0.770. The summed E-state index contributed by atoms with van der Waals surface area (Å²) in [5.41, 5.74) is 0.696. The first kappa shape index (κ1) is 19.1. The Labute approximate surface area is 158 Å². The summed E-state index contributed by atoms with van der Waals surface area (Å²) in [5.74, 6) is -0.861. The van der Waals surface area contributed by atoms with Gasteiger partial charge in [0, 0.05) is 11.9 Å². The van der Waals surface area contributed by atoms with E-state index in [2.05, 4.69) is 5.32 Å². The summed E-state index contributed by atoms with van der Waals surface area (Å²) in [7, 11) is -3.29. The first-order chi connectivity index (χ1) is 12.8. The summed E-state index contributed by atoms with van der Waals surface area (Å²) in [4.78, 5) is 24.8. The highest BCUT2D eigenvalue weighted by atomic mass is 32.2. The normalized spacial score (nSPS) is 15.4. The Morgan fingerprint density at radius 3 is 2.19 bits per heavy atom. The first-order valence-electron chi connectivity index (χ1n) is 8.64. The number of hydrogen-bond donors (Lipinski definition) is 1. The van der Waals surface area contributed by atoms with Crippen molar-refractivity contribution in [1.29, 1.82) is 0 Å². The van der Waals surface area contributed by atoms with E-state index in [9.17, 15) is 18.0 Å². The van der Waals surface area contributed by atoms with Crippen molar-refractivity contribution in [2.24, 2.45) is 0 Å². The lowest BCUT2D eigenvalue weighted by molar-refractivity contribution is -0.156. The Morgan fingerprint density at radius 1 is 1.04 bits per heavy atom. The van der Waals surface area contributed by atoms with Crippen LogP contribution in [-0.2, 0) is 29.6 Å². The number of nitrogens with one attached hydrogen (secondary N) is 1. The smallest absolute Gasteiger partial charge is 0.317 e. The van der Waals surface area contributed by atoms with Gasteiger partial charge in [0.15, 0.2) is 16.4 Å². The lowest BCUT2D eigenvalue weighted by Crippen LogP contribution is -2.44. The number of carbonyl (C=O) groups excluding carboxylic acids is 2. The molecule has 0 atom stereocenters. The van der Waals surface area contributed by atoms with Crippen LogP contribution in [0.5, 0.6) is 0 Å². The topological polar surface area (TPSA) is 89.5 Å². The number of carbonyl (C=O) groups is 2. The highest BCUT2D eigenvalue weighted by molar-refractivity contribution is 7.90. The lowest BCUT2D eigenvalue weighted by atomic mass is 9.64. The number of amides is 1. The average Bonchev–Trinajstić information content (AvgIpc) is 2.60. The molecule has 0 radical (unpaired) electrons. The molecule has 0 saturated heterocycles. The van der Waals surface area contributed by atoms with Crippen molar-refractivity contribution in [3.63, 3.8) is 0 Å². The fourth-order valence-electron chi connectivity index (χ4n) is 3.15. The standard InChI is InChI=1S/C20H21NO5S/c1-27(24,25)17-10-8-16(9-11-17)21-18(22)14-26-19(23)20(12-5-13-20)15-6-3-2-4-7-15/h2-4,6-11H,5,12-14H2,1H3,(H,21,22). The second-order valence-corrected chi connectivity index (χ2v) is 8.74. The van der Waals surface area contributed by atoms with Crippen molar-refractivity contribution in [3.8, 4) is 0 Å². The zero-order valence-corrected chi connectivity index (χ0v) is 15.8. The molecule has 142 valence electrons. The van der Waals surface area contributed by atoms with E-state index < -0.39 is 21.2 Å². The molecule has 0 unspecified atom stereocenters. The van der Waals surface area contributed by atoms with Crippen LogP contribution in [0.15, 0.2) is 59.5 Å². The summed E-state index contributed by atoms with van der Waals surface area (Å²) < 4.78 is 28.2. The molecule has 6 nitrogen and oxygen atoms in total. The molecule has 3 rings (SSSR count). The molecular formula is C20H21NO5S. The van der Waals surface area contributed by atoms with Gasteiger partial charge in [-0.3, -0.25) is 9.59 Å². The number of sulfone groups is 1. The van der Waals surface area contributed by atoms with Gasteiger partial charge in [0.25, 0.3) is 5.91 Å². The molecule has 0 bridgehead atoms.